The molecule has 0 radical (unpaired) electrons. The molecule has 0 spiro atoms. The Labute approximate surface area is 93.5 Å². The zero-order chi connectivity index (χ0) is 11.9. The van der Waals surface area contributed by atoms with E-state index in [4.69, 9.17) is 9.31 Å². The summed E-state index contributed by atoms with van der Waals surface area (Å²) in [6.45, 7) is 16.2. The molecule has 2 nitrogen and oxygen atoms in total. The van der Waals surface area contributed by atoms with Gasteiger partial charge in [-0.05, 0) is 47.0 Å². The van der Waals surface area contributed by atoms with Gasteiger partial charge in [-0.1, -0.05) is 18.2 Å². The molecule has 1 heterocycles. The van der Waals surface area contributed by atoms with Gasteiger partial charge >= 0.3 is 7.12 Å². The topological polar surface area (TPSA) is 18.5 Å². The van der Waals surface area contributed by atoms with Gasteiger partial charge in [-0.15, -0.1) is 0 Å². The minimum Gasteiger partial charge on any atom is -0.399 e. The SMILES string of the molecule is C=C(B1OC(C)(C)C(C)(C)O1)/C(C)=C\C. The fourth-order valence-corrected chi connectivity index (χ4v) is 1.36. The van der Waals surface area contributed by atoms with Crippen LogP contribution >= 0.6 is 0 Å². The first-order chi connectivity index (χ1) is 6.71. The number of allylic oxidation sites excluding steroid dienone is 3. The Balaban J connectivity index is 2.84. The fourth-order valence-electron chi connectivity index (χ4n) is 1.36. The third-order valence-corrected chi connectivity index (χ3v) is 3.48. The summed E-state index contributed by atoms with van der Waals surface area (Å²) in [7, 11) is -0.314. The lowest BCUT2D eigenvalue weighted by molar-refractivity contribution is 0.00578. The van der Waals surface area contributed by atoms with Crippen molar-refractivity contribution in [2.75, 3.05) is 0 Å². The van der Waals surface area contributed by atoms with Crippen molar-refractivity contribution in [2.45, 2.75) is 52.7 Å². The average Bonchev–Trinajstić information content (AvgIpc) is 2.33. The van der Waals surface area contributed by atoms with Gasteiger partial charge < -0.3 is 9.31 Å². The van der Waals surface area contributed by atoms with Gasteiger partial charge in [0, 0.05) is 0 Å². The lowest BCUT2D eigenvalue weighted by Gasteiger charge is -2.32. The van der Waals surface area contributed by atoms with Crippen LogP contribution in [0.5, 0.6) is 0 Å². The molecular formula is C12H21BO2. The molecule has 0 aromatic rings. The van der Waals surface area contributed by atoms with Gasteiger partial charge in [-0.2, -0.15) is 0 Å². The van der Waals surface area contributed by atoms with Crippen LogP contribution in [-0.4, -0.2) is 18.3 Å². The van der Waals surface area contributed by atoms with Crippen molar-refractivity contribution in [3.05, 3.63) is 23.7 Å². The van der Waals surface area contributed by atoms with Gasteiger partial charge in [-0.3, -0.25) is 0 Å². The van der Waals surface area contributed by atoms with Crippen molar-refractivity contribution in [3.8, 4) is 0 Å². The summed E-state index contributed by atoms with van der Waals surface area (Å²) < 4.78 is 11.8. The molecule has 0 aromatic heterocycles. The third kappa shape index (κ3) is 2.18. The van der Waals surface area contributed by atoms with E-state index < -0.39 is 0 Å². The van der Waals surface area contributed by atoms with Gasteiger partial charge in [0.2, 0.25) is 0 Å². The minimum atomic E-state index is -0.314. The monoisotopic (exact) mass is 208 g/mol. The molecule has 1 aliphatic heterocycles. The first kappa shape index (κ1) is 12.5. The van der Waals surface area contributed by atoms with E-state index in [2.05, 4.69) is 6.58 Å². The second-order valence-electron chi connectivity index (χ2n) is 5.09. The molecule has 1 fully saturated rings. The molecule has 1 rings (SSSR count). The lowest BCUT2D eigenvalue weighted by Crippen LogP contribution is -2.41. The first-order valence-electron chi connectivity index (χ1n) is 5.39. The Bertz CT molecular complexity index is 287. The summed E-state index contributed by atoms with van der Waals surface area (Å²) in [5.74, 6) is 0. The molecule has 0 atom stereocenters. The van der Waals surface area contributed by atoms with Gasteiger partial charge in [0.1, 0.15) is 0 Å². The van der Waals surface area contributed by atoms with Crippen molar-refractivity contribution in [3.63, 3.8) is 0 Å². The summed E-state index contributed by atoms with van der Waals surface area (Å²) in [6.07, 6.45) is 2.02. The highest BCUT2D eigenvalue weighted by Crippen LogP contribution is 2.39. The maximum absolute atomic E-state index is 5.89. The largest absolute Gasteiger partial charge is 0.494 e. The van der Waals surface area contributed by atoms with Crippen LogP contribution in [-0.2, 0) is 9.31 Å². The summed E-state index contributed by atoms with van der Waals surface area (Å²) >= 11 is 0. The highest BCUT2D eigenvalue weighted by molar-refractivity contribution is 6.55. The van der Waals surface area contributed by atoms with Crippen LogP contribution in [0.1, 0.15) is 41.5 Å². The molecule has 84 valence electrons. The maximum atomic E-state index is 5.89. The molecule has 0 aliphatic carbocycles. The average molecular weight is 208 g/mol. The highest BCUT2D eigenvalue weighted by atomic mass is 16.7. The molecular weight excluding hydrogens is 187 g/mol. The highest BCUT2D eigenvalue weighted by Gasteiger charge is 2.52. The summed E-state index contributed by atoms with van der Waals surface area (Å²) in [5, 5.41) is 0. The molecule has 0 saturated carbocycles. The third-order valence-electron chi connectivity index (χ3n) is 3.48. The van der Waals surface area contributed by atoms with E-state index in [0.717, 1.165) is 11.0 Å². The Morgan fingerprint density at radius 2 is 1.53 bits per heavy atom. The summed E-state index contributed by atoms with van der Waals surface area (Å²) in [5.41, 5.74) is 1.47. The quantitative estimate of drug-likeness (QED) is 0.512. The van der Waals surface area contributed by atoms with Gasteiger partial charge in [0.15, 0.2) is 0 Å². The van der Waals surface area contributed by atoms with Gasteiger partial charge in [-0.25, -0.2) is 0 Å². The van der Waals surface area contributed by atoms with Crippen LogP contribution in [0.4, 0.5) is 0 Å². The van der Waals surface area contributed by atoms with Crippen molar-refractivity contribution < 1.29 is 9.31 Å². The van der Waals surface area contributed by atoms with Crippen LogP contribution < -0.4 is 0 Å². The van der Waals surface area contributed by atoms with Gasteiger partial charge in [0.05, 0.1) is 11.2 Å². The van der Waals surface area contributed by atoms with Crippen LogP contribution in [0, 0.1) is 0 Å². The smallest absolute Gasteiger partial charge is 0.399 e. The maximum Gasteiger partial charge on any atom is 0.494 e. The molecule has 0 aromatic carbocycles. The molecule has 15 heavy (non-hydrogen) atoms. The summed E-state index contributed by atoms with van der Waals surface area (Å²) in [4.78, 5) is 0. The van der Waals surface area contributed by atoms with Gasteiger partial charge in [0.25, 0.3) is 0 Å². The van der Waals surface area contributed by atoms with E-state index in [9.17, 15) is 0 Å². The molecule has 0 N–H and O–H groups in total. The molecule has 0 unspecified atom stereocenters. The normalized spacial score (nSPS) is 24.4. The van der Waals surface area contributed by atoms with Crippen LogP contribution in [0.3, 0.4) is 0 Å². The lowest BCUT2D eigenvalue weighted by atomic mass is 9.75. The van der Waals surface area contributed by atoms with E-state index >= 15 is 0 Å². The van der Waals surface area contributed by atoms with Crippen molar-refractivity contribution in [2.24, 2.45) is 0 Å². The molecule has 0 bridgehead atoms. The second-order valence-corrected chi connectivity index (χ2v) is 5.09. The molecule has 1 aliphatic rings. The predicted molar refractivity (Wildman–Crippen MR) is 64.7 cm³/mol. The van der Waals surface area contributed by atoms with Crippen molar-refractivity contribution in [1.29, 1.82) is 0 Å². The Hall–Kier alpha value is -0.535. The second kappa shape index (κ2) is 3.80. The Morgan fingerprint density at radius 3 is 1.87 bits per heavy atom. The molecule has 1 saturated heterocycles. The van der Waals surface area contributed by atoms with E-state index in [-0.39, 0.29) is 18.3 Å². The number of hydrogen-bond acceptors (Lipinski definition) is 2. The van der Waals surface area contributed by atoms with Crippen molar-refractivity contribution >= 4 is 7.12 Å². The van der Waals surface area contributed by atoms with Crippen LogP contribution in [0.2, 0.25) is 0 Å². The van der Waals surface area contributed by atoms with E-state index in [1.807, 2.05) is 47.6 Å². The molecule has 0 amide bonds. The Kier molecular flexibility index (Phi) is 3.18. The van der Waals surface area contributed by atoms with Crippen molar-refractivity contribution in [1.82, 2.24) is 0 Å². The van der Waals surface area contributed by atoms with E-state index in [0.29, 0.717) is 0 Å². The van der Waals surface area contributed by atoms with E-state index in [1.165, 1.54) is 0 Å². The summed E-state index contributed by atoms with van der Waals surface area (Å²) in [6, 6.07) is 0. The number of hydrogen-bond donors (Lipinski definition) is 0. The molecule has 3 heteroatoms. The van der Waals surface area contributed by atoms with Crippen LogP contribution in [0.15, 0.2) is 23.7 Å². The standard InChI is InChI=1S/C12H21BO2/c1-8-9(2)10(3)13-14-11(4,5)12(6,7)15-13/h8H,3H2,1-2,4-7H3/b9-8-. The van der Waals surface area contributed by atoms with E-state index in [1.54, 1.807) is 0 Å². The predicted octanol–water partition coefficient (Wildman–Crippen LogP) is 3.14. The zero-order valence-electron chi connectivity index (χ0n) is 10.7. The first-order valence-corrected chi connectivity index (χ1v) is 5.39. The zero-order valence-corrected chi connectivity index (χ0v) is 10.7. The fraction of sp³-hybridized carbons (Fsp3) is 0.667. The minimum absolute atomic E-state index is 0.283. The number of rotatable bonds is 2. The van der Waals surface area contributed by atoms with Crippen LogP contribution in [0.25, 0.3) is 0 Å². The Morgan fingerprint density at radius 1 is 1.13 bits per heavy atom.